The molecular formula is C14H15NO5. The summed E-state index contributed by atoms with van der Waals surface area (Å²) in [5.41, 5.74) is 1.45. The molecule has 0 unspecified atom stereocenters. The smallest absolute Gasteiger partial charge is 0.329 e. The number of hydrogen-bond donors (Lipinski definition) is 2. The van der Waals surface area contributed by atoms with Gasteiger partial charge >= 0.3 is 5.97 Å². The van der Waals surface area contributed by atoms with Crippen LogP contribution in [0.3, 0.4) is 0 Å². The second-order valence-corrected chi connectivity index (χ2v) is 4.25. The molecule has 0 radical (unpaired) electrons. The van der Waals surface area contributed by atoms with Gasteiger partial charge in [-0.1, -0.05) is 18.2 Å². The second-order valence-electron chi connectivity index (χ2n) is 4.25. The van der Waals surface area contributed by atoms with E-state index in [1.54, 1.807) is 6.07 Å². The van der Waals surface area contributed by atoms with Crippen LogP contribution in [0.5, 0.6) is 0 Å². The third-order valence-electron chi connectivity index (χ3n) is 2.81. The predicted octanol–water partition coefficient (Wildman–Crippen LogP) is 1.57. The van der Waals surface area contributed by atoms with Crippen molar-refractivity contribution in [1.29, 1.82) is 0 Å². The summed E-state index contributed by atoms with van der Waals surface area (Å²) in [6.45, 7) is 1.81. The van der Waals surface area contributed by atoms with E-state index in [2.05, 4.69) is 5.32 Å². The van der Waals surface area contributed by atoms with E-state index in [1.807, 2.05) is 25.1 Å². The zero-order chi connectivity index (χ0) is 14.5. The summed E-state index contributed by atoms with van der Waals surface area (Å²) in [7, 11) is 0. The summed E-state index contributed by atoms with van der Waals surface area (Å²) in [6, 6.07) is 7.41. The minimum Gasteiger partial charge on any atom is -0.480 e. The van der Waals surface area contributed by atoms with Crippen LogP contribution < -0.4 is 5.32 Å². The monoisotopic (exact) mass is 277 g/mol. The lowest BCUT2D eigenvalue weighted by Gasteiger charge is -2.03. The fourth-order valence-electron chi connectivity index (χ4n) is 1.87. The lowest BCUT2D eigenvalue weighted by Crippen LogP contribution is -2.28. The molecular weight excluding hydrogens is 262 g/mol. The lowest BCUT2D eigenvalue weighted by molar-refractivity contribution is -0.142. The van der Waals surface area contributed by atoms with Gasteiger partial charge in [-0.3, -0.25) is 4.79 Å². The first kappa shape index (κ1) is 14.1. The summed E-state index contributed by atoms with van der Waals surface area (Å²) >= 11 is 0. The minimum absolute atomic E-state index is 0.136. The number of carbonyl (C=O) groups is 2. The molecule has 0 aliphatic carbocycles. The maximum Gasteiger partial charge on any atom is 0.329 e. The van der Waals surface area contributed by atoms with Crippen molar-refractivity contribution in [3.8, 4) is 0 Å². The van der Waals surface area contributed by atoms with Gasteiger partial charge in [-0.05, 0) is 13.0 Å². The third-order valence-corrected chi connectivity index (χ3v) is 2.81. The molecule has 6 nitrogen and oxygen atoms in total. The van der Waals surface area contributed by atoms with Crippen LogP contribution in [-0.2, 0) is 9.53 Å². The van der Waals surface area contributed by atoms with Crippen LogP contribution in [0, 0.1) is 6.92 Å². The number of carbonyl (C=O) groups excluding carboxylic acids is 1. The van der Waals surface area contributed by atoms with E-state index >= 15 is 0 Å². The van der Waals surface area contributed by atoms with Crippen LogP contribution in [0.15, 0.2) is 28.7 Å². The van der Waals surface area contributed by atoms with Gasteiger partial charge in [0.25, 0.3) is 5.91 Å². The lowest BCUT2D eigenvalue weighted by atomic mass is 10.1. The normalized spacial score (nSPS) is 10.7. The molecule has 2 rings (SSSR count). The predicted molar refractivity (Wildman–Crippen MR) is 71.7 cm³/mol. The van der Waals surface area contributed by atoms with Gasteiger partial charge in [0.15, 0.2) is 5.76 Å². The number of fused-ring (bicyclic) bond motifs is 1. The van der Waals surface area contributed by atoms with Crippen molar-refractivity contribution in [1.82, 2.24) is 5.32 Å². The molecule has 106 valence electrons. The molecule has 1 heterocycles. The number of amides is 1. The van der Waals surface area contributed by atoms with Gasteiger partial charge in [0, 0.05) is 17.5 Å². The standard InChI is InChI=1S/C14H15NO5/c1-9-10-4-2-3-5-11(10)20-13(9)14(18)15-6-7-19-8-12(16)17/h2-5H,6-8H2,1H3,(H,15,18)(H,16,17). The van der Waals surface area contributed by atoms with Crippen LogP contribution >= 0.6 is 0 Å². The van der Waals surface area contributed by atoms with Gasteiger partial charge in [0.2, 0.25) is 0 Å². The molecule has 1 aromatic carbocycles. The Kier molecular flexibility index (Phi) is 4.37. The maximum absolute atomic E-state index is 12.0. The van der Waals surface area contributed by atoms with Crippen molar-refractivity contribution in [3.05, 3.63) is 35.6 Å². The highest BCUT2D eigenvalue weighted by Crippen LogP contribution is 2.24. The van der Waals surface area contributed by atoms with Gasteiger partial charge in [-0.25, -0.2) is 4.79 Å². The fraction of sp³-hybridized carbons (Fsp3) is 0.286. The second kappa shape index (κ2) is 6.21. The maximum atomic E-state index is 12.0. The summed E-state index contributed by atoms with van der Waals surface area (Å²) in [4.78, 5) is 22.2. The number of rotatable bonds is 6. The number of aryl methyl sites for hydroxylation is 1. The van der Waals surface area contributed by atoms with E-state index < -0.39 is 5.97 Å². The Bertz CT molecular complexity index is 632. The number of benzene rings is 1. The number of furan rings is 1. The van der Waals surface area contributed by atoms with Gasteiger partial charge < -0.3 is 19.6 Å². The van der Waals surface area contributed by atoms with Gasteiger partial charge in [-0.2, -0.15) is 0 Å². The van der Waals surface area contributed by atoms with E-state index in [0.29, 0.717) is 5.58 Å². The van der Waals surface area contributed by atoms with Crippen LogP contribution in [0.25, 0.3) is 11.0 Å². The Morgan fingerprint density at radius 2 is 2.10 bits per heavy atom. The molecule has 0 aliphatic heterocycles. The highest BCUT2D eigenvalue weighted by Gasteiger charge is 2.16. The molecule has 0 bridgehead atoms. The fourth-order valence-corrected chi connectivity index (χ4v) is 1.87. The van der Waals surface area contributed by atoms with Crippen molar-refractivity contribution < 1.29 is 23.8 Å². The highest BCUT2D eigenvalue weighted by atomic mass is 16.5. The Hall–Kier alpha value is -2.34. The average Bonchev–Trinajstić information content (AvgIpc) is 2.76. The molecule has 1 aromatic heterocycles. The summed E-state index contributed by atoms with van der Waals surface area (Å²) in [6.07, 6.45) is 0. The van der Waals surface area contributed by atoms with E-state index in [4.69, 9.17) is 14.3 Å². The van der Waals surface area contributed by atoms with Crippen LogP contribution in [-0.4, -0.2) is 36.7 Å². The molecule has 20 heavy (non-hydrogen) atoms. The average molecular weight is 277 g/mol. The molecule has 0 aliphatic rings. The molecule has 0 atom stereocenters. The molecule has 2 N–H and O–H groups in total. The largest absolute Gasteiger partial charge is 0.480 e. The van der Waals surface area contributed by atoms with E-state index in [-0.39, 0.29) is 31.4 Å². The molecule has 0 spiro atoms. The molecule has 0 saturated heterocycles. The number of nitrogens with one attached hydrogen (secondary N) is 1. The van der Waals surface area contributed by atoms with Crippen molar-refractivity contribution in [2.45, 2.75) is 6.92 Å². The zero-order valence-electron chi connectivity index (χ0n) is 11.0. The molecule has 2 aromatic rings. The van der Waals surface area contributed by atoms with Crippen molar-refractivity contribution in [2.75, 3.05) is 19.8 Å². The minimum atomic E-state index is -1.04. The quantitative estimate of drug-likeness (QED) is 0.782. The Balaban J connectivity index is 1.94. The molecule has 0 saturated carbocycles. The zero-order valence-corrected chi connectivity index (χ0v) is 11.0. The molecule has 0 fully saturated rings. The first-order valence-electron chi connectivity index (χ1n) is 6.15. The summed E-state index contributed by atoms with van der Waals surface area (Å²) in [5, 5.41) is 11.9. The number of aliphatic carboxylic acids is 1. The van der Waals surface area contributed by atoms with E-state index in [9.17, 15) is 9.59 Å². The van der Waals surface area contributed by atoms with Crippen LogP contribution in [0.1, 0.15) is 16.1 Å². The van der Waals surface area contributed by atoms with Crippen molar-refractivity contribution in [2.24, 2.45) is 0 Å². The number of ether oxygens (including phenoxy) is 1. The number of para-hydroxylation sites is 1. The van der Waals surface area contributed by atoms with Gasteiger partial charge in [0.05, 0.1) is 6.61 Å². The molecule has 1 amide bonds. The Morgan fingerprint density at radius 1 is 1.35 bits per heavy atom. The van der Waals surface area contributed by atoms with Gasteiger partial charge in [0.1, 0.15) is 12.2 Å². The topological polar surface area (TPSA) is 88.8 Å². The Morgan fingerprint density at radius 3 is 2.80 bits per heavy atom. The van der Waals surface area contributed by atoms with Gasteiger partial charge in [-0.15, -0.1) is 0 Å². The summed E-state index contributed by atoms with van der Waals surface area (Å²) in [5.74, 6) is -1.11. The Labute approximate surface area is 115 Å². The van der Waals surface area contributed by atoms with Crippen LogP contribution in [0.2, 0.25) is 0 Å². The van der Waals surface area contributed by atoms with E-state index in [0.717, 1.165) is 10.9 Å². The van der Waals surface area contributed by atoms with Crippen molar-refractivity contribution >= 4 is 22.8 Å². The van der Waals surface area contributed by atoms with Crippen LogP contribution in [0.4, 0.5) is 0 Å². The number of carboxylic acids is 1. The number of hydrogen-bond acceptors (Lipinski definition) is 4. The SMILES string of the molecule is Cc1c(C(=O)NCCOCC(=O)O)oc2ccccc12. The first-order valence-corrected chi connectivity index (χ1v) is 6.15. The van der Waals surface area contributed by atoms with Crippen molar-refractivity contribution in [3.63, 3.8) is 0 Å². The van der Waals surface area contributed by atoms with E-state index in [1.165, 1.54) is 0 Å². The highest BCUT2D eigenvalue weighted by molar-refractivity contribution is 5.98. The first-order chi connectivity index (χ1) is 9.59. The summed E-state index contributed by atoms with van der Waals surface area (Å²) < 4.78 is 10.3. The molecule has 6 heteroatoms. The number of carboxylic acid groups (broad SMARTS) is 1. The third kappa shape index (κ3) is 3.16.